The molecule has 0 fully saturated rings. The van der Waals surface area contributed by atoms with Gasteiger partial charge < -0.3 is 8.80 Å². The highest BCUT2D eigenvalue weighted by Gasteiger charge is 2.26. The van der Waals surface area contributed by atoms with Gasteiger partial charge in [0.2, 0.25) is 0 Å². The van der Waals surface area contributed by atoms with Gasteiger partial charge in [0, 0.05) is 56.9 Å². The van der Waals surface area contributed by atoms with E-state index in [1.54, 1.807) is 0 Å². The Kier molecular flexibility index (Phi) is 3.96. The molecule has 12 aromatic rings. The summed E-state index contributed by atoms with van der Waals surface area (Å²) >= 11 is 0. The predicted octanol–water partition coefficient (Wildman–Crippen LogP) is 13.1. The molecule has 0 aliphatic carbocycles. The van der Waals surface area contributed by atoms with Crippen LogP contribution in [0.1, 0.15) is 19.4 Å². The monoisotopic (exact) mass is 640 g/mol. The summed E-state index contributed by atoms with van der Waals surface area (Å²) in [5.74, 6) is 0. The lowest BCUT2D eigenvalue weighted by atomic mass is 9.90. The third kappa shape index (κ3) is 3.15. The summed E-state index contributed by atoms with van der Waals surface area (Å²) in [6.07, 6.45) is 0. The van der Waals surface area contributed by atoms with Crippen LogP contribution in [-0.2, 0) is 0 Å². The fourth-order valence-electron chi connectivity index (χ4n) is 9.20. The van der Waals surface area contributed by atoms with Gasteiger partial charge >= 0.3 is 0 Å². The molecule has 0 bridgehead atoms. The van der Waals surface area contributed by atoms with Crippen LogP contribution in [0.2, 0.25) is 0 Å². The third-order valence-corrected chi connectivity index (χ3v) is 11.2. The van der Waals surface area contributed by atoms with Crippen molar-refractivity contribution in [1.82, 2.24) is 8.80 Å². The van der Waals surface area contributed by atoms with E-state index in [-0.39, 0.29) is 16.7 Å². The van der Waals surface area contributed by atoms with Gasteiger partial charge in [0.25, 0.3) is 0 Å². The van der Waals surface area contributed by atoms with Crippen LogP contribution >= 0.6 is 0 Å². The molecule has 0 saturated heterocycles. The molecule has 12 rings (SSSR count). The highest BCUT2D eigenvalue weighted by Crippen LogP contribution is 2.50. The number of nitrogens with zero attached hydrogens (tertiary/aromatic N) is 2. The number of para-hydroxylation sites is 4. The fourth-order valence-corrected chi connectivity index (χ4v) is 9.20. The summed E-state index contributed by atoms with van der Waals surface area (Å²) in [6.45, 7) is -4.96. The van der Waals surface area contributed by atoms with Crippen molar-refractivity contribution >= 4 is 87.0 Å². The second-order valence-corrected chi connectivity index (χ2v) is 13.7. The Morgan fingerprint density at radius 1 is 0.380 bits per heavy atom. The molecule has 0 unspecified atom stereocenters. The van der Waals surface area contributed by atoms with Crippen LogP contribution in [0.5, 0.6) is 0 Å². The summed E-state index contributed by atoms with van der Waals surface area (Å²) in [4.78, 5) is 0. The first-order valence-electron chi connectivity index (χ1n) is 20.0. The number of rotatable bonds is 2. The first-order valence-corrected chi connectivity index (χ1v) is 17.0. The Balaban J connectivity index is 1.21. The first-order chi connectivity index (χ1) is 27.1. The van der Waals surface area contributed by atoms with Gasteiger partial charge in [-0.05, 0) is 82.6 Å². The molecule has 4 heterocycles. The van der Waals surface area contributed by atoms with Crippen molar-refractivity contribution in [3.8, 4) is 22.3 Å². The zero-order valence-electron chi connectivity index (χ0n) is 32.8. The van der Waals surface area contributed by atoms with E-state index in [0.29, 0.717) is 5.56 Å². The highest BCUT2D eigenvalue weighted by atomic mass is 14.9. The van der Waals surface area contributed by atoms with Crippen LogP contribution in [0, 0.1) is 13.7 Å². The maximum atomic E-state index is 8.26. The van der Waals surface area contributed by atoms with E-state index in [1.807, 2.05) is 18.2 Å². The molecular weight excluding hydrogens is 605 g/mol. The van der Waals surface area contributed by atoms with Crippen molar-refractivity contribution in [2.45, 2.75) is 13.7 Å². The van der Waals surface area contributed by atoms with Crippen molar-refractivity contribution in [2.24, 2.45) is 0 Å². The molecule has 232 valence electrons. The molecule has 0 aliphatic rings. The zero-order valence-corrected chi connectivity index (χ0v) is 26.8. The van der Waals surface area contributed by atoms with Crippen molar-refractivity contribution < 1.29 is 8.22 Å². The smallest absolute Gasteiger partial charge is 0.0620 e. The zero-order chi connectivity index (χ0) is 37.8. The van der Waals surface area contributed by atoms with Crippen LogP contribution in [0.4, 0.5) is 0 Å². The lowest BCUT2D eigenvalue weighted by Crippen LogP contribution is -1.89. The van der Waals surface area contributed by atoms with E-state index in [9.17, 15) is 0 Å². The molecule has 4 aromatic heterocycles. The average Bonchev–Trinajstić information content (AvgIpc) is 3.92. The largest absolute Gasteiger partial charge is 0.308 e. The van der Waals surface area contributed by atoms with Gasteiger partial charge in [-0.2, -0.15) is 0 Å². The van der Waals surface area contributed by atoms with Crippen LogP contribution in [0.25, 0.3) is 109 Å². The molecule has 0 amide bonds. The lowest BCUT2D eigenvalue weighted by Gasteiger charge is -2.13. The number of hydrogen-bond acceptors (Lipinski definition) is 0. The minimum absolute atomic E-state index is 0.0358. The highest BCUT2D eigenvalue weighted by molar-refractivity contribution is 6.34. The maximum absolute atomic E-state index is 8.26. The molecular formula is C48H30N2. The predicted molar refractivity (Wildman–Crippen MR) is 214 cm³/mol. The van der Waals surface area contributed by atoms with Crippen molar-refractivity contribution in [2.75, 3.05) is 0 Å². The molecule has 0 atom stereocenters. The number of fused-ring (bicyclic) bond motifs is 13. The quantitative estimate of drug-likeness (QED) is 0.178. The minimum Gasteiger partial charge on any atom is -0.308 e. The van der Waals surface area contributed by atoms with Crippen molar-refractivity contribution in [3.63, 3.8) is 0 Å². The average molecular weight is 641 g/mol. The molecule has 0 spiro atoms. The number of aryl methyl sites for hydroxylation is 2. The fraction of sp³-hybridized carbons (Fsp3) is 0.0417. The lowest BCUT2D eigenvalue weighted by molar-refractivity contribution is 1.35. The topological polar surface area (TPSA) is 8.82 Å². The number of aromatic nitrogens is 2. The van der Waals surface area contributed by atoms with Gasteiger partial charge in [-0.25, -0.2) is 0 Å². The standard InChI is InChI=1S/C48H30N2/c1-27-10-7-11-28(2)43(27)31-22-20-30-25-32(23-21-29(30)24-31)44-45-37-16-8-14-35-33-12-3-5-18-39(33)49(47(35)37)41(45)26-42-46(44)38-17-9-15-36-34-13-4-6-19-40(34)50(42)48(36)38/h3-26H,1-2H3/i1D3,2D3. The molecule has 2 nitrogen and oxygen atoms in total. The molecule has 8 aromatic carbocycles. The summed E-state index contributed by atoms with van der Waals surface area (Å²) < 4.78 is 54.5. The SMILES string of the molecule is [2H]C([2H])([2H])c1cccc(C([2H])([2H])[2H])c1-c1ccc2cc(-c3c4c5cccc6c7ccccc7n(c4cc4c3c3cccc7c8ccccc8n4c73)c65)ccc2c1. The normalized spacial score (nSPS) is 14.9. The summed E-state index contributed by atoms with van der Waals surface area (Å²) in [5.41, 5.74) is 10.2. The molecule has 0 saturated carbocycles. The van der Waals surface area contributed by atoms with E-state index < -0.39 is 13.7 Å². The minimum atomic E-state index is -2.48. The van der Waals surface area contributed by atoms with E-state index in [2.05, 4.69) is 118 Å². The Bertz CT molecular complexity index is 3430. The Labute approximate surface area is 296 Å². The van der Waals surface area contributed by atoms with E-state index >= 15 is 0 Å². The van der Waals surface area contributed by atoms with Gasteiger partial charge in [0.05, 0.1) is 33.1 Å². The van der Waals surface area contributed by atoms with Gasteiger partial charge in [-0.3, -0.25) is 0 Å². The third-order valence-electron chi connectivity index (χ3n) is 11.2. The van der Waals surface area contributed by atoms with Gasteiger partial charge in [-0.15, -0.1) is 0 Å². The Hall–Kier alpha value is -6.38. The Morgan fingerprint density at radius 2 is 0.840 bits per heavy atom. The van der Waals surface area contributed by atoms with Gasteiger partial charge in [0.15, 0.2) is 0 Å². The molecule has 0 N–H and O–H groups in total. The number of benzene rings is 8. The van der Waals surface area contributed by atoms with Crippen LogP contribution in [-0.4, -0.2) is 8.80 Å². The van der Waals surface area contributed by atoms with E-state index in [1.165, 1.54) is 88.9 Å². The summed E-state index contributed by atoms with van der Waals surface area (Å²) in [7, 11) is 0. The second-order valence-electron chi connectivity index (χ2n) is 13.7. The summed E-state index contributed by atoms with van der Waals surface area (Å²) in [5, 5.41) is 11.6. The molecule has 0 radical (unpaired) electrons. The van der Waals surface area contributed by atoms with Gasteiger partial charge in [-0.1, -0.05) is 115 Å². The Morgan fingerprint density at radius 3 is 1.38 bits per heavy atom. The molecule has 2 heteroatoms. The first kappa shape index (κ1) is 21.6. The molecule has 0 aliphatic heterocycles. The van der Waals surface area contributed by atoms with Crippen molar-refractivity contribution in [3.05, 3.63) is 157 Å². The number of hydrogen-bond donors (Lipinski definition) is 0. The van der Waals surface area contributed by atoms with Gasteiger partial charge in [0.1, 0.15) is 0 Å². The van der Waals surface area contributed by atoms with E-state index in [0.717, 1.165) is 27.4 Å². The maximum Gasteiger partial charge on any atom is 0.0620 e. The van der Waals surface area contributed by atoms with E-state index in [4.69, 9.17) is 8.22 Å². The van der Waals surface area contributed by atoms with Crippen LogP contribution in [0.3, 0.4) is 0 Å². The second kappa shape index (κ2) is 9.19. The molecule has 50 heavy (non-hydrogen) atoms. The van der Waals surface area contributed by atoms with Crippen molar-refractivity contribution in [1.29, 1.82) is 0 Å². The summed E-state index contributed by atoms with van der Waals surface area (Å²) in [6, 6.07) is 49.8. The van der Waals surface area contributed by atoms with Crippen LogP contribution < -0.4 is 0 Å². The van der Waals surface area contributed by atoms with Crippen LogP contribution in [0.15, 0.2) is 146 Å².